The molecule has 0 rings (SSSR count). The van der Waals surface area contributed by atoms with Crippen molar-refractivity contribution in [2.75, 3.05) is 0 Å². The molecule has 27 valence electrons. The minimum absolute atomic E-state index is 0. The zero-order chi connectivity index (χ0) is 0. The summed E-state index contributed by atoms with van der Waals surface area (Å²) in [6, 6.07) is 0. The molecule has 0 unspecified atom stereocenters. The zero-order valence-electron chi connectivity index (χ0n) is 1.09. The first-order valence-corrected chi connectivity index (χ1v) is 0. The molecule has 0 spiro atoms. The van der Waals surface area contributed by atoms with E-state index in [2.05, 4.69) is 0 Å². The first-order chi connectivity index (χ1) is 0. The molecule has 0 aromatic carbocycles. The van der Waals surface area contributed by atoms with Crippen molar-refractivity contribution in [2.45, 2.75) is 0 Å². The third kappa shape index (κ3) is 8.90. The normalized spacial score (nSPS) is 0. The third-order valence-corrected chi connectivity index (χ3v) is 0. The van der Waals surface area contributed by atoms with Crippen molar-refractivity contribution in [1.82, 2.24) is 6.15 Å². The van der Waals surface area contributed by atoms with Crippen LogP contribution in [0.1, 0.15) is 0 Å². The van der Waals surface area contributed by atoms with Gasteiger partial charge in [0.1, 0.15) is 0 Å². The fourth-order valence-corrected chi connectivity index (χ4v) is 0. The zero-order valence-corrected chi connectivity index (χ0v) is 3.51. The fraction of sp³-hybridized carbons (Fsp3) is 0. The van der Waals surface area contributed by atoms with Gasteiger partial charge in [-0.25, -0.2) is 0 Å². The Kier molecular flexibility index (Phi) is 116. The predicted octanol–water partition coefficient (Wildman–Crippen LogP) is -2.21. The van der Waals surface area contributed by atoms with E-state index in [-0.39, 0.29) is 104 Å². The van der Waals surface area contributed by atoms with E-state index in [1.165, 1.54) is 0 Å². The van der Waals surface area contributed by atoms with Crippen LogP contribution in [0.5, 0.6) is 0 Å². The molecular formula is H9CaEuNSi. The van der Waals surface area contributed by atoms with Crippen molar-refractivity contribution in [3.05, 3.63) is 0 Å². The molecule has 0 heterocycles. The maximum absolute atomic E-state index is 0. The van der Waals surface area contributed by atoms with Gasteiger partial charge in [0.15, 0.2) is 0 Å². The number of rotatable bonds is 0. The summed E-state index contributed by atoms with van der Waals surface area (Å²) in [6.07, 6.45) is 0. The van der Waals surface area contributed by atoms with Crippen LogP contribution < -0.4 is 6.15 Å². The SMILES string of the molecule is N.[CaH2].[Eu].[SiH4]. The second-order valence-electron chi connectivity index (χ2n) is 0. The molecule has 0 saturated carbocycles. The summed E-state index contributed by atoms with van der Waals surface area (Å²) in [6.45, 7) is 0. The maximum Gasteiger partial charge on any atom is 0 e. The average Bonchev–Trinajstić information content (AvgIpc) is 0. The van der Waals surface area contributed by atoms with Crippen LogP contribution in [0.25, 0.3) is 0 Å². The van der Waals surface area contributed by atoms with E-state index in [9.17, 15) is 0 Å². The molecule has 0 amide bonds. The van der Waals surface area contributed by atoms with Gasteiger partial charge in [0.25, 0.3) is 0 Å². The molecule has 1 radical (unpaired) electrons. The van der Waals surface area contributed by atoms with Crippen LogP contribution in [0, 0.1) is 49.4 Å². The summed E-state index contributed by atoms with van der Waals surface area (Å²) in [7, 11) is 0. The van der Waals surface area contributed by atoms with Gasteiger partial charge in [0.05, 0.1) is 0 Å². The van der Waals surface area contributed by atoms with Crippen LogP contribution in [0.15, 0.2) is 0 Å². The second-order valence-corrected chi connectivity index (χ2v) is 0. The monoisotopic (exact) mass is 244 g/mol. The molecule has 0 aromatic rings. The third-order valence-electron chi connectivity index (χ3n) is 0. The van der Waals surface area contributed by atoms with Gasteiger partial charge in [-0.1, -0.05) is 0 Å². The van der Waals surface area contributed by atoms with Gasteiger partial charge in [-0.2, -0.15) is 0 Å². The molecule has 0 atom stereocenters. The van der Waals surface area contributed by atoms with Crippen LogP contribution >= 0.6 is 0 Å². The number of hydrogen-bond donors (Lipinski definition) is 1. The Labute approximate surface area is 101 Å². The molecule has 1 nitrogen and oxygen atoms in total. The molecule has 0 fully saturated rings. The van der Waals surface area contributed by atoms with Crippen LogP contribution in [0.2, 0.25) is 0 Å². The van der Waals surface area contributed by atoms with Crippen LogP contribution in [-0.2, 0) is 0 Å². The first-order valence-electron chi connectivity index (χ1n) is 0. The Morgan fingerprint density at radius 1 is 1.00 bits per heavy atom. The summed E-state index contributed by atoms with van der Waals surface area (Å²) in [4.78, 5) is 0. The minimum atomic E-state index is 0. The van der Waals surface area contributed by atoms with Gasteiger partial charge in [-0.05, 0) is 11.0 Å². The van der Waals surface area contributed by atoms with Crippen LogP contribution in [0.3, 0.4) is 0 Å². The summed E-state index contributed by atoms with van der Waals surface area (Å²) in [5.74, 6) is 0. The molecule has 0 saturated heterocycles. The molecule has 0 aliphatic heterocycles. The van der Waals surface area contributed by atoms with E-state index < -0.39 is 0 Å². The van der Waals surface area contributed by atoms with E-state index in [1.54, 1.807) is 0 Å². The molecule has 0 aromatic heterocycles. The molecule has 4 heteroatoms. The van der Waals surface area contributed by atoms with Gasteiger partial charge in [-0.3, -0.25) is 0 Å². The predicted molar refractivity (Wildman–Crippen MR) is 24.9 cm³/mol. The summed E-state index contributed by atoms with van der Waals surface area (Å²) in [5.41, 5.74) is 0. The summed E-state index contributed by atoms with van der Waals surface area (Å²) in [5, 5.41) is 0. The van der Waals surface area contributed by atoms with Crippen molar-refractivity contribution in [2.24, 2.45) is 0 Å². The van der Waals surface area contributed by atoms with E-state index in [0.717, 1.165) is 0 Å². The Balaban J connectivity index is 0. The van der Waals surface area contributed by atoms with Gasteiger partial charge in [-0.15, -0.1) is 0 Å². The van der Waals surface area contributed by atoms with Gasteiger partial charge in [0.2, 0.25) is 0 Å². The maximum atomic E-state index is 0. The van der Waals surface area contributed by atoms with Crippen molar-refractivity contribution in [3.63, 3.8) is 0 Å². The Hall–Kier alpha value is 3.02. The molecule has 3 N–H and O–H groups in total. The topological polar surface area (TPSA) is 35.0 Å². The first kappa shape index (κ1) is 27.9. The second kappa shape index (κ2) is 16.6. The van der Waals surface area contributed by atoms with Gasteiger partial charge in [0, 0.05) is 49.4 Å². The fourth-order valence-electron chi connectivity index (χ4n) is 0. The van der Waals surface area contributed by atoms with E-state index in [0.29, 0.717) is 0 Å². The quantitative estimate of drug-likeness (QED) is 0.481. The standard InChI is InChI=1S/Ca.Eu.H3N.H4Si.2H/h;;1H3;1H4;;. The molecular weight excluding hydrogens is 234 g/mol. The van der Waals surface area contributed by atoms with E-state index in [1.807, 2.05) is 0 Å². The van der Waals surface area contributed by atoms with Gasteiger partial charge >= 0.3 is 37.7 Å². The average molecular weight is 243 g/mol. The van der Waals surface area contributed by atoms with E-state index in [4.69, 9.17) is 0 Å². The molecule has 0 aliphatic rings. The van der Waals surface area contributed by atoms with Crippen molar-refractivity contribution >= 4 is 48.7 Å². The summed E-state index contributed by atoms with van der Waals surface area (Å²) < 4.78 is 0. The van der Waals surface area contributed by atoms with Crippen molar-refractivity contribution in [1.29, 1.82) is 0 Å². The minimum Gasteiger partial charge on any atom is -0.0149 e. The molecule has 0 bridgehead atoms. The van der Waals surface area contributed by atoms with Crippen molar-refractivity contribution in [3.8, 4) is 0 Å². The molecule has 0 aliphatic carbocycles. The van der Waals surface area contributed by atoms with E-state index >= 15 is 0 Å². The Bertz CT molecular complexity index is 8.00. The smallest absolute Gasteiger partial charge is 0 e. The molecule has 4 heavy (non-hydrogen) atoms. The Morgan fingerprint density at radius 2 is 1.00 bits per heavy atom. The summed E-state index contributed by atoms with van der Waals surface area (Å²) >= 11 is 0. The number of hydrogen-bond acceptors (Lipinski definition) is 1. The largest absolute Gasteiger partial charge is 0.0149 e. The van der Waals surface area contributed by atoms with Crippen LogP contribution in [-0.4, -0.2) is 48.7 Å². The Morgan fingerprint density at radius 3 is 1.00 bits per heavy atom. The van der Waals surface area contributed by atoms with Gasteiger partial charge < -0.3 is 6.15 Å². The van der Waals surface area contributed by atoms with Crippen LogP contribution in [0.4, 0.5) is 0 Å². The van der Waals surface area contributed by atoms with Crippen molar-refractivity contribution < 1.29 is 49.4 Å².